The fourth-order valence-electron chi connectivity index (χ4n) is 2.53. The van der Waals surface area contributed by atoms with Gasteiger partial charge in [0.15, 0.2) is 0 Å². The Morgan fingerprint density at radius 1 is 1.00 bits per heavy atom. The minimum atomic E-state index is -4.40. The zero-order valence-corrected chi connectivity index (χ0v) is 11.8. The molecule has 1 aliphatic rings. The summed E-state index contributed by atoms with van der Waals surface area (Å²) in [5.74, 6) is 0. The standard InChI is InChI=1S/C17H15F3N2/c18-17(19,20)16-8-4-7-15(21-16)14-9-10-22(12-14)11-13-5-2-1-3-6-13/h1-9H,10-12H2. The smallest absolute Gasteiger partial charge is 0.291 e. The molecule has 114 valence electrons. The maximum atomic E-state index is 12.7. The van der Waals surface area contributed by atoms with Crippen molar-refractivity contribution in [2.24, 2.45) is 0 Å². The third-order valence-corrected chi connectivity index (χ3v) is 3.61. The van der Waals surface area contributed by atoms with E-state index in [-0.39, 0.29) is 0 Å². The number of aromatic nitrogens is 1. The first-order valence-electron chi connectivity index (χ1n) is 7.02. The van der Waals surface area contributed by atoms with Crippen LogP contribution >= 0.6 is 0 Å². The van der Waals surface area contributed by atoms with E-state index in [9.17, 15) is 13.2 Å². The van der Waals surface area contributed by atoms with Crippen molar-refractivity contribution in [3.8, 4) is 0 Å². The summed E-state index contributed by atoms with van der Waals surface area (Å²) in [5, 5.41) is 0. The lowest BCUT2D eigenvalue weighted by Crippen LogP contribution is -2.20. The normalized spacial score (nSPS) is 15.9. The molecule has 0 spiro atoms. The first-order chi connectivity index (χ1) is 10.5. The van der Waals surface area contributed by atoms with Crippen LogP contribution in [0.4, 0.5) is 13.2 Å². The quantitative estimate of drug-likeness (QED) is 0.852. The number of nitrogens with zero attached hydrogens (tertiary/aromatic N) is 2. The van der Waals surface area contributed by atoms with Crippen molar-refractivity contribution in [1.29, 1.82) is 0 Å². The summed E-state index contributed by atoms with van der Waals surface area (Å²) in [4.78, 5) is 5.92. The average molecular weight is 304 g/mol. The second-order valence-corrected chi connectivity index (χ2v) is 5.29. The van der Waals surface area contributed by atoms with Crippen LogP contribution in [-0.4, -0.2) is 23.0 Å². The summed E-state index contributed by atoms with van der Waals surface area (Å²) in [6.45, 7) is 2.12. The molecule has 0 amide bonds. The van der Waals surface area contributed by atoms with Gasteiger partial charge in [-0.1, -0.05) is 42.5 Å². The number of hydrogen-bond donors (Lipinski definition) is 0. The summed E-state index contributed by atoms with van der Waals surface area (Å²) >= 11 is 0. The van der Waals surface area contributed by atoms with E-state index in [2.05, 4.69) is 9.88 Å². The lowest BCUT2D eigenvalue weighted by molar-refractivity contribution is -0.141. The molecule has 0 bridgehead atoms. The molecule has 0 unspecified atom stereocenters. The molecule has 1 aliphatic heterocycles. The van der Waals surface area contributed by atoms with E-state index in [0.29, 0.717) is 12.2 Å². The summed E-state index contributed by atoms with van der Waals surface area (Å²) < 4.78 is 38.2. The van der Waals surface area contributed by atoms with Gasteiger partial charge in [-0.25, -0.2) is 4.98 Å². The van der Waals surface area contributed by atoms with Gasteiger partial charge in [-0.2, -0.15) is 13.2 Å². The number of benzene rings is 1. The van der Waals surface area contributed by atoms with Crippen LogP contribution in [0.1, 0.15) is 17.0 Å². The summed E-state index contributed by atoms with van der Waals surface area (Å²) in [5.41, 5.74) is 1.61. The average Bonchev–Trinajstić information content (AvgIpc) is 2.96. The summed E-state index contributed by atoms with van der Waals surface area (Å²) in [7, 11) is 0. The van der Waals surface area contributed by atoms with Gasteiger partial charge in [0.05, 0.1) is 5.69 Å². The summed E-state index contributed by atoms with van der Waals surface area (Å²) in [6.07, 6.45) is -2.45. The van der Waals surface area contributed by atoms with Gasteiger partial charge >= 0.3 is 6.18 Å². The van der Waals surface area contributed by atoms with E-state index in [1.807, 2.05) is 36.4 Å². The van der Waals surface area contributed by atoms with Crippen LogP contribution in [0, 0.1) is 0 Å². The molecule has 2 heterocycles. The molecule has 5 heteroatoms. The van der Waals surface area contributed by atoms with Crippen molar-refractivity contribution in [2.45, 2.75) is 12.7 Å². The van der Waals surface area contributed by atoms with Gasteiger partial charge in [0.1, 0.15) is 5.69 Å². The Morgan fingerprint density at radius 2 is 1.77 bits per heavy atom. The van der Waals surface area contributed by atoms with Crippen LogP contribution < -0.4 is 0 Å². The Labute approximate surface area is 126 Å². The highest BCUT2D eigenvalue weighted by Crippen LogP contribution is 2.29. The van der Waals surface area contributed by atoms with Crippen LogP contribution in [0.25, 0.3) is 5.57 Å². The Kier molecular flexibility index (Phi) is 3.98. The highest BCUT2D eigenvalue weighted by molar-refractivity contribution is 5.66. The molecule has 1 aromatic heterocycles. The van der Waals surface area contributed by atoms with Gasteiger partial charge in [-0.3, -0.25) is 4.90 Å². The van der Waals surface area contributed by atoms with Gasteiger partial charge in [0.2, 0.25) is 0 Å². The fourth-order valence-corrected chi connectivity index (χ4v) is 2.53. The molecule has 3 rings (SSSR count). The summed E-state index contributed by atoms with van der Waals surface area (Å²) in [6, 6.07) is 14.0. The van der Waals surface area contributed by atoms with Crippen LogP contribution in [0.15, 0.2) is 54.6 Å². The SMILES string of the molecule is FC(F)(F)c1cccc(C2=CCN(Cc3ccccc3)C2)n1. The Morgan fingerprint density at radius 3 is 2.50 bits per heavy atom. The van der Waals surface area contributed by atoms with Crippen molar-refractivity contribution >= 4 is 5.57 Å². The van der Waals surface area contributed by atoms with E-state index in [1.165, 1.54) is 11.6 Å². The third-order valence-electron chi connectivity index (χ3n) is 3.61. The molecular formula is C17H15F3N2. The first kappa shape index (κ1) is 14.8. The second kappa shape index (κ2) is 5.93. The largest absolute Gasteiger partial charge is 0.433 e. The monoisotopic (exact) mass is 304 g/mol. The molecule has 2 aromatic rings. The van der Waals surface area contributed by atoms with Crippen molar-refractivity contribution in [3.05, 3.63) is 71.6 Å². The van der Waals surface area contributed by atoms with Gasteiger partial charge in [-0.15, -0.1) is 0 Å². The molecule has 0 fully saturated rings. The number of pyridine rings is 1. The number of hydrogen-bond acceptors (Lipinski definition) is 2. The van der Waals surface area contributed by atoms with Crippen LogP contribution in [-0.2, 0) is 12.7 Å². The van der Waals surface area contributed by atoms with Crippen LogP contribution in [0.3, 0.4) is 0 Å². The third kappa shape index (κ3) is 3.36. The van der Waals surface area contributed by atoms with E-state index < -0.39 is 11.9 Å². The zero-order chi connectivity index (χ0) is 15.6. The lowest BCUT2D eigenvalue weighted by Gasteiger charge is -2.16. The van der Waals surface area contributed by atoms with E-state index in [1.54, 1.807) is 6.07 Å². The number of rotatable bonds is 3. The molecule has 0 N–H and O–H groups in total. The van der Waals surface area contributed by atoms with Crippen molar-refractivity contribution in [3.63, 3.8) is 0 Å². The molecular weight excluding hydrogens is 289 g/mol. The predicted octanol–water partition coefficient (Wildman–Crippen LogP) is 4.00. The maximum Gasteiger partial charge on any atom is 0.433 e. The Hall–Kier alpha value is -2.14. The van der Waals surface area contributed by atoms with Gasteiger partial charge in [0.25, 0.3) is 0 Å². The Balaban J connectivity index is 1.70. The molecule has 22 heavy (non-hydrogen) atoms. The maximum absolute atomic E-state index is 12.7. The van der Waals surface area contributed by atoms with Crippen molar-refractivity contribution in [2.75, 3.05) is 13.1 Å². The highest BCUT2D eigenvalue weighted by Gasteiger charge is 2.32. The molecule has 0 saturated heterocycles. The van der Waals surface area contributed by atoms with E-state index in [4.69, 9.17) is 0 Å². The predicted molar refractivity (Wildman–Crippen MR) is 78.9 cm³/mol. The van der Waals surface area contributed by atoms with Gasteiger partial charge in [0, 0.05) is 19.6 Å². The minimum absolute atomic E-state index is 0.408. The number of alkyl halides is 3. The second-order valence-electron chi connectivity index (χ2n) is 5.29. The zero-order valence-electron chi connectivity index (χ0n) is 11.8. The lowest BCUT2D eigenvalue weighted by atomic mass is 10.1. The molecule has 0 atom stereocenters. The van der Waals surface area contributed by atoms with Crippen molar-refractivity contribution in [1.82, 2.24) is 9.88 Å². The molecule has 0 radical (unpaired) electrons. The van der Waals surface area contributed by atoms with Crippen LogP contribution in [0.5, 0.6) is 0 Å². The molecule has 0 saturated carbocycles. The Bertz CT molecular complexity index is 678. The van der Waals surface area contributed by atoms with E-state index in [0.717, 1.165) is 24.7 Å². The highest BCUT2D eigenvalue weighted by atomic mass is 19.4. The molecule has 1 aromatic carbocycles. The topological polar surface area (TPSA) is 16.1 Å². The van der Waals surface area contributed by atoms with Gasteiger partial charge < -0.3 is 0 Å². The number of halogens is 3. The molecule has 2 nitrogen and oxygen atoms in total. The first-order valence-corrected chi connectivity index (χ1v) is 7.02. The van der Waals surface area contributed by atoms with Crippen LogP contribution in [0.2, 0.25) is 0 Å². The van der Waals surface area contributed by atoms with E-state index >= 15 is 0 Å². The van der Waals surface area contributed by atoms with Gasteiger partial charge in [-0.05, 0) is 23.3 Å². The molecule has 0 aliphatic carbocycles. The fraction of sp³-hybridized carbons (Fsp3) is 0.235. The van der Waals surface area contributed by atoms with Crippen molar-refractivity contribution < 1.29 is 13.2 Å². The minimum Gasteiger partial charge on any atom is -0.291 e.